The number of fused-ring (bicyclic) bond motifs is 3. The lowest BCUT2D eigenvalue weighted by Crippen LogP contribution is -2.67. The predicted octanol–water partition coefficient (Wildman–Crippen LogP) is 1.63. The molecule has 3 heterocycles. The lowest BCUT2D eigenvalue weighted by Gasteiger charge is -2.46. The normalized spacial score (nSPS) is 21.7. The Morgan fingerprint density at radius 3 is 2.34 bits per heavy atom. The maximum atomic E-state index is 14.1. The van der Waals surface area contributed by atoms with Gasteiger partial charge in [0.25, 0.3) is 11.8 Å². The molecule has 2 saturated heterocycles. The number of carbonyl (C=O) groups is 4. The highest BCUT2D eigenvalue weighted by Crippen LogP contribution is 2.44. The molecule has 0 N–H and O–H groups in total. The third-order valence-electron chi connectivity index (χ3n) is 7.02. The van der Waals surface area contributed by atoms with Crippen molar-refractivity contribution in [2.24, 2.45) is 0 Å². The Balaban J connectivity index is 1.26. The van der Waals surface area contributed by atoms with Gasteiger partial charge in [0.05, 0.1) is 16.9 Å². The van der Waals surface area contributed by atoms with Crippen LogP contribution in [-0.4, -0.2) is 79.0 Å². The van der Waals surface area contributed by atoms with E-state index in [0.717, 1.165) is 0 Å². The van der Waals surface area contributed by atoms with E-state index < -0.39 is 18.2 Å². The predicted molar refractivity (Wildman–Crippen MR) is 124 cm³/mol. The minimum absolute atomic E-state index is 0.0764. The van der Waals surface area contributed by atoms with E-state index in [1.54, 1.807) is 47.4 Å². The van der Waals surface area contributed by atoms with Crippen LogP contribution in [0.25, 0.3) is 0 Å². The number of carbonyl (C=O) groups excluding carboxylic acids is 4. The number of nitrogens with zero attached hydrogens (tertiary/aromatic N) is 4. The van der Waals surface area contributed by atoms with Crippen molar-refractivity contribution in [2.45, 2.75) is 18.5 Å². The quantitative estimate of drug-likeness (QED) is 0.618. The van der Waals surface area contributed by atoms with Gasteiger partial charge in [-0.25, -0.2) is 9.18 Å². The molecule has 1 unspecified atom stereocenters. The molecule has 1 atom stereocenters. The fraction of sp³-hybridized carbons (Fsp3) is 0.360. The van der Waals surface area contributed by atoms with Crippen LogP contribution in [-0.2, 0) is 19.1 Å². The number of hydrogen-bond donors (Lipinski definition) is 0. The molecule has 9 nitrogen and oxygen atoms in total. The van der Waals surface area contributed by atoms with Crippen LogP contribution in [0, 0.1) is 5.82 Å². The second-order valence-electron chi connectivity index (χ2n) is 8.82. The van der Waals surface area contributed by atoms with E-state index in [2.05, 4.69) is 0 Å². The summed E-state index contributed by atoms with van der Waals surface area (Å²) < 4.78 is 19.5. The Bertz CT molecular complexity index is 1210. The molecule has 2 aromatic rings. The van der Waals surface area contributed by atoms with Crippen LogP contribution in [0.15, 0.2) is 48.5 Å². The first kappa shape index (κ1) is 22.8. The van der Waals surface area contributed by atoms with Crippen molar-refractivity contribution < 1.29 is 28.3 Å². The maximum absolute atomic E-state index is 14.1. The van der Waals surface area contributed by atoms with Crippen molar-refractivity contribution in [3.63, 3.8) is 0 Å². The molecule has 0 radical (unpaired) electrons. The van der Waals surface area contributed by atoms with Gasteiger partial charge in [-0.3, -0.25) is 19.3 Å². The highest BCUT2D eigenvalue weighted by Gasteiger charge is 2.60. The summed E-state index contributed by atoms with van der Waals surface area (Å²) in [4.78, 5) is 57.9. The van der Waals surface area contributed by atoms with Gasteiger partial charge in [-0.1, -0.05) is 24.3 Å². The van der Waals surface area contributed by atoms with Gasteiger partial charge in [0.1, 0.15) is 5.82 Å². The molecule has 182 valence electrons. The number of hydrogen-bond acceptors (Lipinski definition) is 6. The van der Waals surface area contributed by atoms with Gasteiger partial charge in [-0.05, 0) is 24.3 Å². The summed E-state index contributed by atoms with van der Waals surface area (Å²) in [6.45, 7) is 1.09. The number of likely N-dealkylation sites (N-methyl/N-ethyl adjacent to an activating group) is 1. The van der Waals surface area contributed by atoms with E-state index >= 15 is 0 Å². The van der Waals surface area contributed by atoms with Gasteiger partial charge >= 0.3 is 5.97 Å². The summed E-state index contributed by atoms with van der Waals surface area (Å²) in [7, 11) is 1.47. The maximum Gasteiger partial charge on any atom is 0.354 e. The SMILES string of the molecule is CN1C(=O)c2ccccc2N2C(=O)CCC12C(=O)OCC(=O)N1CCN(c2ccccc2F)CC1. The zero-order valence-electron chi connectivity index (χ0n) is 19.3. The minimum Gasteiger partial charge on any atom is -0.452 e. The number of ether oxygens (including phenoxy) is 1. The molecule has 2 fully saturated rings. The Hall–Kier alpha value is -3.95. The lowest BCUT2D eigenvalue weighted by molar-refractivity contribution is -0.161. The van der Waals surface area contributed by atoms with Crippen LogP contribution < -0.4 is 9.80 Å². The number of piperazine rings is 1. The van der Waals surface area contributed by atoms with Gasteiger partial charge in [0, 0.05) is 46.1 Å². The molecule has 0 aliphatic carbocycles. The van der Waals surface area contributed by atoms with Crippen LogP contribution in [0.3, 0.4) is 0 Å². The first-order valence-corrected chi connectivity index (χ1v) is 11.5. The first-order valence-electron chi connectivity index (χ1n) is 11.5. The Morgan fingerprint density at radius 2 is 1.63 bits per heavy atom. The smallest absolute Gasteiger partial charge is 0.354 e. The largest absolute Gasteiger partial charge is 0.452 e. The van der Waals surface area contributed by atoms with E-state index in [4.69, 9.17) is 4.74 Å². The Kier molecular flexibility index (Phi) is 5.66. The summed E-state index contributed by atoms with van der Waals surface area (Å²) in [5.74, 6) is -2.19. The molecule has 0 saturated carbocycles. The molecular weight excluding hydrogens is 455 g/mol. The zero-order valence-corrected chi connectivity index (χ0v) is 19.3. The van der Waals surface area contributed by atoms with E-state index in [9.17, 15) is 23.6 Å². The molecule has 3 aliphatic heterocycles. The molecule has 10 heteroatoms. The van der Waals surface area contributed by atoms with Crippen molar-refractivity contribution in [2.75, 3.05) is 49.6 Å². The van der Waals surface area contributed by atoms with Crippen molar-refractivity contribution in [1.82, 2.24) is 9.80 Å². The van der Waals surface area contributed by atoms with Crippen LogP contribution in [0.1, 0.15) is 23.2 Å². The summed E-state index contributed by atoms with van der Waals surface area (Å²) in [6.07, 6.45) is 0.156. The molecule has 0 bridgehead atoms. The van der Waals surface area contributed by atoms with Crippen molar-refractivity contribution in [3.8, 4) is 0 Å². The van der Waals surface area contributed by atoms with Gasteiger partial charge in [0.2, 0.25) is 11.6 Å². The van der Waals surface area contributed by atoms with E-state index in [0.29, 0.717) is 43.1 Å². The second-order valence-corrected chi connectivity index (χ2v) is 8.82. The van der Waals surface area contributed by atoms with Crippen LogP contribution in [0.5, 0.6) is 0 Å². The number of halogens is 1. The fourth-order valence-corrected chi connectivity index (χ4v) is 5.13. The zero-order chi connectivity index (χ0) is 24.7. The van der Waals surface area contributed by atoms with Gasteiger partial charge < -0.3 is 19.4 Å². The first-order chi connectivity index (χ1) is 16.8. The fourth-order valence-electron chi connectivity index (χ4n) is 5.13. The number of rotatable bonds is 4. The molecule has 2 aromatic carbocycles. The molecule has 3 aliphatic rings. The average Bonchev–Trinajstić information content (AvgIpc) is 3.24. The third-order valence-corrected chi connectivity index (χ3v) is 7.02. The Labute approximate surface area is 201 Å². The molecule has 35 heavy (non-hydrogen) atoms. The molecular formula is C25H25FN4O5. The van der Waals surface area contributed by atoms with Crippen molar-refractivity contribution in [3.05, 3.63) is 59.9 Å². The van der Waals surface area contributed by atoms with Crippen molar-refractivity contribution >= 4 is 35.1 Å². The lowest BCUT2D eigenvalue weighted by atomic mass is 9.97. The van der Waals surface area contributed by atoms with E-state index in [-0.39, 0.29) is 36.4 Å². The number of anilines is 2. The summed E-state index contributed by atoms with van der Waals surface area (Å²) >= 11 is 0. The number of esters is 1. The molecule has 5 rings (SSSR count). The monoisotopic (exact) mass is 480 g/mol. The second kappa shape index (κ2) is 8.68. The number of para-hydroxylation sites is 2. The van der Waals surface area contributed by atoms with Gasteiger partial charge in [-0.2, -0.15) is 0 Å². The summed E-state index contributed by atoms with van der Waals surface area (Å²) in [5, 5.41) is 0. The summed E-state index contributed by atoms with van der Waals surface area (Å²) in [6, 6.07) is 13.1. The average molecular weight is 480 g/mol. The molecule has 0 spiro atoms. The minimum atomic E-state index is -1.62. The van der Waals surface area contributed by atoms with Crippen molar-refractivity contribution in [1.29, 1.82) is 0 Å². The number of amides is 3. The van der Waals surface area contributed by atoms with Crippen LogP contribution in [0.4, 0.5) is 15.8 Å². The Morgan fingerprint density at radius 1 is 0.971 bits per heavy atom. The molecule has 0 aromatic heterocycles. The standard InChI is InChI=1S/C25H25FN4O5/c1-27-23(33)17-6-2-4-8-19(17)30-21(31)10-11-25(27,30)24(34)35-16-22(32)29-14-12-28(13-15-29)20-9-5-3-7-18(20)26/h2-9H,10-16H2,1H3. The van der Waals surface area contributed by atoms with Gasteiger partial charge in [-0.15, -0.1) is 0 Å². The van der Waals surface area contributed by atoms with Gasteiger partial charge in [0.15, 0.2) is 6.61 Å². The highest BCUT2D eigenvalue weighted by atomic mass is 19.1. The van der Waals surface area contributed by atoms with Crippen LogP contribution in [0.2, 0.25) is 0 Å². The summed E-state index contributed by atoms with van der Waals surface area (Å²) in [5.41, 5.74) is -0.434. The van der Waals surface area contributed by atoms with E-state index in [1.807, 2.05) is 4.90 Å². The topological polar surface area (TPSA) is 90.5 Å². The number of benzene rings is 2. The van der Waals surface area contributed by atoms with E-state index in [1.165, 1.54) is 22.9 Å². The van der Waals surface area contributed by atoms with Crippen LogP contribution >= 0.6 is 0 Å². The molecule has 3 amide bonds. The third kappa shape index (κ3) is 3.60. The highest BCUT2D eigenvalue weighted by molar-refractivity contribution is 6.15.